The summed E-state index contributed by atoms with van der Waals surface area (Å²) in [6.07, 6.45) is 7.72. The van der Waals surface area contributed by atoms with E-state index in [9.17, 15) is 13.2 Å². The van der Waals surface area contributed by atoms with Gasteiger partial charge in [-0.05, 0) is 55.4 Å². The van der Waals surface area contributed by atoms with Gasteiger partial charge in [-0.2, -0.15) is 4.31 Å². The highest BCUT2D eigenvalue weighted by Gasteiger charge is 2.29. The number of carbonyl (C=O) groups is 1. The van der Waals surface area contributed by atoms with Crippen LogP contribution < -0.4 is 5.32 Å². The summed E-state index contributed by atoms with van der Waals surface area (Å²) in [5.41, 5.74) is 0.961. The van der Waals surface area contributed by atoms with Gasteiger partial charge in [-0.3, -0.25) is 4.79 Å². The number of amides is 1. The molecule has 1 aromatic heterocycles. The van der Waals surface area contributed by atoms with Crippen molar-refractivity contribution in [2.45, 2.75) is 69.9 Å². The second kappa shape index (κ2) is 8.71. The minimum Gasteiger partial charge on any atom is -0.353 e. The van der Waals surface area contributed by atoms with Crippen molar-refractivity contribution in [1.29, 1.82) is 0 Å². The van der Waals surface area contributed by atoms with Crippen LogP contribution in [-0.2, 0) is 21.4 Å². The fraction of sp³-hybridized carbons (Fsp3) is 0.609. The molecule has 7 heteroatoms. The smallest absolute Gasteiger partial charge is 0.243 e. The zero-order valence-electron chi connectivity index (χ0n) is 18.0. The van der Waals surface area contributed by atoms with Crippen molar-refractivity contribution in [2.24, 2.45) is 11.8 Å². The fourth-order valence-corrected chi connectivity index (χ4v) is 6.45. The van der Waals surface area contributed by atoms with E-state index in [2.05, 4.69) is 19.2 Å². The highest BCUT2D eigenvalue weighted by atomic mass is 32.2. The summed E-state index contributed by atoms with van der Waals surface area (Å²) in [7, 11) is -3.41. The van der Waals surface area contributed by atoms with Gasteiger partial charge in [0.05, 0.1) is 4.90 Å². The lowest BCUT2D eigenvalue weighted by Crippen LogP contribution is -2.43. The largest absolute Gasteiger partial charge is 0.353 e. The molecule has 0 radical (unpaired) electrons. The van der Waals surface area contributed by atoms with Crippen LogP contribution in [0.5, 0.6) is 0 Å². The lowest BCUT2D eigenvalue weighted by Gasteiger charge is -2.34. The summed E-state index contributed by atoms with van der Waals surface area (Å²) in [6, 6.07) is 7.52. The Balaban J connectivity index is 1.41. The molecule has 1 saturated heterocycles. The number of aromatic nitrogens is 1. The predicted molar refractivity (Wildman–Crippen MR) is 119 cm³/mol. The van der Waals surface area contributed by atoms with Crippen LogP contribution in [0.4, 0.5) is 0 Å². The molecule has 1 amide bonds. The van der Waals surface area contributed by atoms with Gasteiger partial charge in [0.2, 0.25) is 15.9 Å². The second-order valence-electron chi connectivity index (χ2n) is 9.03. The molecule has 4 rings (SSSR count). The highest BCUT2D eigenvalue weighted by Crippen LogP contribution is 2.29. The minimum absolute atomic E-state index is 0.0935. The van der Waals surface area contributed by atoms with Crippen molar-refractivity contribution in [3.05, 3.63) is 30.5 Å². The van der Waals surface area contributed by atoms with Gasteiger partial charge < -0.3 is 9.88 Å². The molecule has 2 fully saturated rings. The van der Waals surface area contributed by atoms with Crippen molar-refractivity contribution < 1.29 is 13.2 Å². The molecule has 1 aromatic carbocycles. The maximum Gasteiger partial charge on any atom is 0.243 e. The number of fused-ring (bicyclic) bond motifs is 1. The predicted octanol–water partition coefficient (Wildman–Crippen LogP) is 3.76. The van der Waals surface area contributed by atoms with Gasteiger partial charge >= 0.3 is 0 Å². The summed E-state index contributed by atoms with van der Waals surface area (Å²) < 4.78 is 29.2. The number of rotatable bonds is 6. The van der Waals surface area contributed by atoms with Crippen LogP contribution in [0.2, 0.25) is 0 Å². The van der Waals surface area contributed by atoms with E-state index in [0.29, 0.717) is 42.8 Å². The number of hydrogen-bond acceptors (Lipinski definition) is 3. The number of carbonyl (C=O) groups excluding carboxylic acids is 1. The Hall–Kier alpha value is -1.86. The van der Waals surface area contributed by atoms with Crippen LogP contribution in [0.15, 0.2) is 35.4 Å². The van der Waals surface area contributed by atoms with Gasteiger partial charge in [-0.25, -0.2) is 8.42 Å². The molecule has 1 saturated carbocycles. The van der Waals surface area contributed by atoms with Crippen LogP contribution in [0.1, 0.15) is 52.4 Å². The second-order valence-corrected chi connectivity index (χ2v) is 11.0. The third kappa shape index (κ3) is 4.28. The molecule has 1 aliphatic carbocycles. The monoisotopic (exact) mass is 431 g/mol. The molecule has 2 aromatic rings. The van der Waals surface area contributed by atoms with E-state index in [1.807, 2.05) is 22.9 Å². The number of hydrogen-bond donors (Lipinski definition) is 1. The average molecular weight is 432 g/mol. The van der Waals surface area contributed by atoms with Crippen molar-refractivity contribution in [3.8, 4) is 0 Å². The molecule has 0 unspecified atom stereocenters. The lowest BCUT2D eigenvalue weighted by molar-refractivity contribution is -0.122. The molecule has 0 bridgehead atoms. The van der Waals surface area contributed by atoms with Crippen LogP contribution in [-0.4, -0.2) is 42.3 Å². The van der Waals surface area contributed by atoms with Crippen LogP contribution in [0.3, 0.4) is 0 Å². The summed E-state index contributed by atoms with van der Waals surface area (Å²) in [5.74, 6) is 1.27. The Labute approximate surface area is 179 Å². The number of aryl methyl sites for hydroxylation is 1. The van der Waals surface area contributed by atoms with Gasteiger partial charge in [0.15, 0.2) is 0 Å². The normalized spacial score (nSPS) is 25.6. The first kappa shape index (κ1) is 21.4. The first-order valence-electron chi connectivity index (χ1n) is 11.2. The number of nitrogens with one attached hydrogen (secondary N) is 1. The molecule has 1 N–H and O–H groups in total. The molecule has 164 valence electrons. The SMILES string of the molecule is C[C@@H]1[C@H](C)CCC[C@H]1NC(=O)CCn1ccc2cc(S(=O)(=O)N3CCCC3)ccc21. The van der Waals surface area contributed by atoms with Crippen LogP contribution in [0.25, 0.3) is 10.9 Å². The molecule has 6 nitrogen and oxygen atoms in total. The maximum atomic E-state index is 12.8. The minimum atomic E-state index is -3.41. The van der Waals surface area contributed by atoms with Gasteiger partial charge in [-0.1, -0.05) is 26.7 Å². The Kier molecular flexibility index (Phi) is 6.21. The standard InChI is InChI=1S/C23H33N3O3S/c1-17-6-5-7-21(18(17)2)24-23(27)11-15-25-14-10-19-16-20(8-9-22(19)25)30(28,29)26-12-3-4-13-26/h8-10,14,16-18,21H,3-7,11-13,15H2,1-2H3,(H,24,27)/t17-,18-,21-/m1/s1. The van der Waals surface area contributed by atoms with Gasteiger partial charge in [0.25, 0.3) is 0 Å². The van der Waals surface area contributed by atoms with Crippen molar-refractivity contribution in [3.63, 3.8) is 0 Å². The van der Waals surface area contributed by atoms with E-state index in [1.165, 1.54) is 12.8 Å². The van der Waals surface area contributed by atoms with Crippen molar-refractivity contribution in [2.75, 3.05) is 13.1 Å². The molecular formula is C23H33N3O3S. The molecule has 3 atom stereocenters. The average Bonchev–Trinajstić information content (AvgIpc) is 3.40. The Morgan fingerprint density at radius 1 is 1.10 bits per heavy atom. The molecular weight excluding hydrogens is 398 g/mol. The number of nitrogens with zero attached hydrogens (tertiary/aromatic N) is 2. The third-order valence-corrected chi connectivity index (χ3v) is 8.97. The molecule has 1 aliphatic heterocycles. The molecule has 30 heavy (non-hydrogen) atoms. The summed E-state index contributed by atoms with van der Waals surface area (Å²) in [6.45, 7) is 6.31. The van der Waals surface area contributed by atoms with E-state index >= 15 is 0 Å². The molecule has 0 spiro atoms. The zero-order valence-corrected chi connectivity index (χ0v) is 18.8. The Morgan fingerprint density at radius 3 is 2.63 bits per heavy atom. The van der Waals surface area contributed by atoms with Crippen molar-refractivity contribution in [1.82, 2.24) is 14.2 Å². The first-order valence-corrected chi connectivity index (χ1v) is 12.7. The van der Waals surface area contributed by atoms with Crippen LogP contribution >= 0.6 is 0 Å². The summed E-state index contributed by atoms with van der Waals surface area (Å²) >= 11 is 0. The summed E-state index contributed by atoms with van der Waals surface area (Å²) in [4.78, 5) is 12.9. The quantitative estimate of drug-likeness (QED) is 0.757. The van der Waals surface area contributed by atoms with E-state index in [0.717, 1.165) is 30.2 Å². The third-order valence-electron chi connectivity index (χ3n) is 7.08. The summed E-state index contributed by atoms with van der Waals surface area (Å²) in [5, 5.41) is 4.13. The van der Waals surface area contributed by atoms with Gasteiger partial charge in [-0.15, -0.1) is 0 Å². The van der Waals surface area contributed by atoms with E-state index < -0.39 is 10.0 Å². The topological polar surface area (TPSA) is 71.4 Å². The van der Waals surface area contributed by atoms with Gasteiger partial charge in [0.1, 0.15) is 0 Å². The molecule has 2 heterocycles. The van der Waals surface area contributed by atoms with E-state index in [-0.39, 0.29) is 11.9 Å². The lowest BCUT2D eigenvalue weighted by atomic mass is 9.78. The van der Waals surface area contributed by atoms with E-state index in [1.54, 1.807) is 16.4 Å². The zero-order chi connectivity index (χ0) is 21.3. The van der Waals surface area contributed by atoms with Crippen LogP contribution in [0, 0.1) is 11.8 Å². The highest BCUT2D eigenvalue weighted by molar-refractivity contribution is 7.89. The fourth-order valence-electron chi connectivity index (χ4n) is 4.90. The van der Waals surface area contributed by atoms with Gasteiger partial charge in [0, 0.05) is 49.2 Å². The Bertz CT molecular complexity index is 1010. The van der Waals surface area contributed by atoms with Crippen molar-refractivity contribution >= 4 is 26.8 Å². The number of benzene rings is 1. The maximum absolute atomic E-state index is 12.8. The Morgan fingerprint density at radius 2 is 1.87 bits per heavy atom. The first-order chi connectivity index (χ1) is 14.4. The molecule has 2 aliphatic rings. The number of sulfonamides is 1. The van der Waals surface area contributed by atoms with E-state index in [4.69, 9.17) is 0 Å².